The molecule has 2 rings (SSSR count). The van der Waals surface area contributed by atoms with Crippen LogP contribution in [0.25, 0.3) is 10.8 Å². The van der Waals surface area contributed by atoms with Gasteiger partial charge in [-0.3, -0.25) is 0 Å². The van der Waals surface area contributed by atoms with Gasteiger partial charge in [0.2, 0.25) is 0 Å². The van der Waals surface area contributed by atoms with Crippen LogP contribution in [0.2, 0.25) is 0 Å². The van der Waals surface area contributed by atoms with Crippen molar-refractivity contribution < 1.29 is 8.78 Å². The number of hydrogen-bond donors (Lipinski definition) is 0. The van der Waals surface area contributed by atoms with Crippen molar-refractivity contribution in [2.45, 2.75) is 0 Å². The highest BCUT2D eigenvalue weighted by Gasteiger charge is 2.04. The molecule has 0 bridgehead atoms. The minimum Gasteiger partial charge on any atom is -0.206 e. The predicted molar refractivity (Wildman–Crippen MR) is 41.5 cm³/mol. The largest absolute Gasteiger partial charge is 0.206 e. The first kappa shape index (κ1) is 7.22. The second-order valence-corrected chi connectivity index (χ2v) is 2.43. The zero-order valence-corrected chi connectivity index (χ0v) is 6.07. The van der Waals surface area contributed by atoms with E-state index in [1.54, 1.807) is 6.07 Å². The molecule has 0 atom stereocenters. The summed E-state index contributed by atoms with van der Waals surface area (Å²) in [6, 6.07) is 10.5. The maximum Gasteiger partial charge on any atom is 0.141 e. The van der Waals surface area contributed by atoms with E-state index in [1.165, 1.54) is 12.1 Å². The highest BCUT2D eigenvalue weighted by Crippen LogP contribution is 2.19. The summed E-state index contributed by atoms with van der Waals surface area (Å²) in [4.78, 5) is 0. The van der Waals surface area contributed by atoms with Crippen molar-refractivity contribution in [3.63, 3.8) is 0 Å². The lowest BCUT2D eigenvalue weighted by Crippen LogP contribution is -1.83. The molecule has 2 radical (unpaired) electrons. The highest BCUT2D eigenvalue weighted by molar-refractivity contribution is 5.83. The van der Waals surface area contributed by atoms with Gasteiger partial charge >= 0.3 is 0 Å². The lowest BCUT2D eigenvalue weighted by Gasteiger charge is -1.98. The van der Waals surface area contributed by atoms with Gasteiger partial charge in [0.1, 0.15) is 11.6 Å². The van der Waals surface area contributed by atoms with Crippen molar-refractivity contribution in [1.29, 1.82) is 0 Å². The molecular weight excluding hydrogens is 158 g/mol. The van der Waals surface area contributed by atoms with Crippen molar-refractivity contribution in [2.24, 2.45) is 0 Å². The SMILES string of the molecule is Fc1[c]ccc2c[c]cc(F)c12. The Morgan fingerprint density at radius 1 is 1.17 bits per heavy atom. The van der Waals surface area contributed by atoms with Gasteiger partial charge < -0.3 is 0 Å². The summed E-state index contributed by atoms with van der Waals surface area (Å²) in [5, 5.41) is 0.488. The van der Waals surface area contributed by atoms with Gasteiger partial charge in [-0.05, 0) is 23.6 Å². The average molecular weight is 162 g/mol. The molecule has 0 aromatic heterocycles. The maximum atomic E-state index is 13.0. The Hall–Kier alpha value is -1.44. The number of benzene rings is 2. The van der Waals surface area contributed by atoms with E-state index in [0.717, 1.165) is 6.07 Å². The number of rotatable bonds is 0. The van der Waals surface area contributed by atoms with Crippen LogP contribution in [0.4, 0.5) is 8.78 Å². The average Bonchev–Trinajstić information content (AvgIpc) is 2.04. The third kappa shape index (κ3) is 0.961. The summed E-state index contributed by atoms with van der Waals surface area (Å²) in [7, 11) is 0. The van der Waals surface area contributed by atoms with Crippen molar-refractivity contribution >= 4 is 10.8 Å². The molecule has 0 aliphatic rings. The number of halogens is 2. The third-order valence-electron chi connectivity index (χ3n) is 1.67. The van der Waals surface area contributed by atoms with E-state index in [9.17, 15) is 8.78 Å². The van der Waals surface area contributed by atoms with Crippen LogP contribution in [-0.4, -0.2) is 0 Å². The molecule has 0 fully saturated rings. The summed E-state index contributed by atoms with van der Waals surface area (Å²) in [6.07, 6.45) is 0. The fourth-order valence-corrected chi connectivity index (χ4v) is 1.13. The molecule has 0 heterocycles. The Bertz CT molecular complexity index is 384. The Kier molecular flexibility index (Phi) is 1.54. The zero-order chi connectivity index (χ0) is 8.55. The summed E-state index contributed by atoms with van der Waals surface area (Å²) in [6.45, 7) is 0. The monoisotopic (exact) mass is 162 g/mol. The van der Waals surface area contributed by atoms with Crippen LogP contribution in [0.1, 0.15) is 0 Å². The summed E-state index contributed by atoms with van der Waals surface area (Å²) >= 11 is 0. The minimum absolute atomic E-state index is 0.0174. The first-order valence-corrected chi connectivity index (χ1v) is 3.44. The zero-order valence-electron chi connectivity index (χ0n) is 6.07. The fraction of sp³-hybridized carbons (Fsp3) is 0. The Morgan fingerprint density at radius 2 is 2.00 bits per heavy atom. The van der Waals surface area contributed by atoms with E-state index in [0.29, 0.717) is 5.39 Å². The maximum absolute atomic E-state index is 13.0. The molecule has 0 amide bonds. The molecule has 12 heavy (non-hydrogen) atoms. The molecule has 0 spiro atoms. The quantitative estimate of drug-likeness (QED) is 0.558. The molecule has 0 N–H and O–H groups in total. The van der Waals surface area contributed by atoms with Crippen LogP contribution < -0.4 is 0 Å². The van der Waals surface area contributed by atoms with Gasteiger partial charge in [-0.15, -0.1) is 0 Å². The molecule has 58 valence electrons. The lowest BCUT2D eigenvalue weighted by molar-refractivity contribution is 0.607. The Labute approximate surface area is 68.4 Å². The van der Waals surface area contributed by atoms with E-state index >= 15 is 0 Å². The Balaban J connectivity index is 2.96. The molecule has 0 aliphatic carbocycles. The topological polar surface area (TPSA) is 0 Å². The number of hydrogen-bond acceptors (Lipinski definition) is 0. The van der Waals surface area contributed by atoms with Gasteiger partial charge in [-0.2, -0.15) is 0 Å². The summed E-state index contributed by atoms with van der Waals surface area (Å²) in [5.74, 6) is -1.25. The summed E-state index contributed by atoms with van der Waals surface area (Å²) < 4.78 is 25.9. The van der Waals surface area contributed by atoms with Crippen molar-refractivity contribution in [1.82, 2.24) is 0 Å². The molecular formula is C10H4F2. The molecule has 0 aliphatic heterocycles. The van der Waals surface area contributed by atoms with E-state index in [1.807, 2.05) is 0 Å². The van der Waals surface area contributed by atoms with Gasteiger partial charge in [-0.1, -0.05) is 12.1 Å². The smallest absolute Gasteiger partial charge is 0.141 e. The van der Waals surface area contributed by atoms with E-state index in [4.69, 9.17) is 0 Å². The minimum atomic E-state index is -0.654. The molecule has 0 saturated carbocycles. The van der Waals surface area contributed by atoms with Gasteiger partial charge in [0.25, 0.3) is 0 Å². The second kappa shape index (κ2) is 2.55. The molecule has 0 unspecified atom stereocenters. The molecule has 2 heteroatoms. The third-order valence-corrected chi connectivity index (χ3v) is 1.67. The van der Waals surface area contributed by atoms with Crippen molar-refractivity contribution in [2.75, 3.05) is 0 Å². The molecule has 2 aromatic carbocycles. The van der Waals surface area contributed by atoms with E-state index in [2.05, 4.69) is 12.1 Å². The fourth-order valence-electron chi connectivity index (χ4n) is 1.13. The van der Waals surface area contributed by atoms with Crippen molar-refractivity contribution in [3.8, 4) is 0 Å². The molecule has 2 aromatic rings. The van der Waals surface area contributed by atoms with Crippen LogP contribution in [0.3, 0.4) is 0 Å². The van der Waals surface area contributed by atoms with Gasteiger partial charge in [0, 0.05) is 6.07 Å². The molecule has 0 saturated heterocycles. The van der Waals surface area contributed by atoms with E-state index in [-0.39, 0.29) is 5.39 Å². The van der Waals surface area contributed by atoms with E-state index < -0.39 is 11.6 Å². The van der Waals surface area contributed by atoms with Crippen molar-refractivity contribution in [3.05, 3.63) is 48.0 Å². The van der Waals surface area contributed by atoms with Gasteiger partial charge in [0.05, 0.1) is 5.39 Å². The predicted octanol–water partition coefficient (Wildman–Crippen LogP) is 2.72. The first-order valence-electron chi connectivity index (χ1n) is 3.44. The summed E-state index contributed by atoms with van der Waals surface area (Å²) in [5.41, 5.74) is 0. The second-order valence-electron chi connectivity index (χ2n) is 2.43. The van der Waals surface area contributed by atoms with Crippen LogP contribution in [0, 0.1) is 23.8 Å². The van der Waals surface area contributed by atoms with Crippen LogP contribution in [0.15, 0.2) is 24.3 Å². The standard InChI is InChI=1S/C10H4F2/c11-8-5-1-3-7-4-2-6-9(12)10(7)8/h1,3-4,6H. The normalized spacial score (nSPS) is 10.5. The van der Waals surface area contributed by atoms with Gasteiger partial charge in [-0.25, -0.2) is 8.78 Å². The van der Waals surface area contributed by atoms with Gasteiger partial charge in [0.15, 0.2) is 0 Å². The lowest BCUT2D eigenvalue weighted by atomic mass is 10.1. The van der Waals surface area contributed by atoms with Crippen LogP contribution >= 0.6 is 0 Å². The first-order chi connectivity index (χ1) is 5.79. The van der Waals surface area contributed by atoms with Crippen LogP contribution in [-0.2, 0) is 0 Å². The molecule has 0 nitrogen and oxygen atoms in total. The Morgan fingerprint density at radius 3 is 2.75 bits per heavy atom. The number of fused-ring (bicyclic) bond motifs is 1. The highest BCUT2D eigenvalue weighted by atomic mass is 19.1. The van der Waals surface area contributed by atoms with Crippen LogP contribution in [0.5, 0.6) is 0 Å².